The third-order valence-corrected chi connectivity index (χ3v) is 7.34. The molecular weight excluding hydrogens is 428 g/mol. The van der Waals surface area contributed by atoms with Gasteiger partial charge in [-0.3, -0.25) is 4.90 Å². The van der Waals surface area contributed by atoms with E-state index < -0.39 is 6.10 Å². The highest BCUT2D eigenvalue weighted by Gasteiger charge is 2.46. The highest BCUT2D eigenvalue weighted by molar-refractivity contribution is 5.89. The first-order valence-corrected chi connectivity index (χ1v) is 12.3. The zero-order chi connectivity index (χ0) is 23.2. The van der Waals surface area contributed by atoms with E-state index in [2.05, 4.69) is 43.1 Å². The summed E-state index contributed by atoms with van der Waals surface area (Å²) < 4.78 is 0. The minimum atomic E-state index is -0.633. The first kappa shape index (κ1) is 21.6. The van der Waals surface area contributed by atoms with Crippen molar-refractivity contribution in [1.29, 1.82) is 0 Å². The average molecular weight is 461 g/mol. The molecule has 0 radical (unpaired) electrons. The predicted molar refractivity (Wildman–Crippen MR) is 132 cm³/mol. The Balaban J connectivity index is 1.21. The lowest BCUT2D eigenvalue weighted by atomic mass is 10.2. The second kappa shape index (κ2) is 8.72. The Morgan fingerprint density at radius 2 is 1.85 bits per heavy atom. The van der Waals surface area contributed by atoms with Gasteiger partial charge in [-0.25, -0.2) is 19.9 Å². The van der Waals surface area contributed by atoms with Crippen molar-refractivity contribution in [2.45, 2.75) is 26.0 Å². The molecule has 9 nitrogen and oxygen atoms in total. The van der Waals surface area contributed by atoms with Crippen LogP contribution in [-0.2, 0) is 6.54 Å². The van der Waals surface area contributed by atoms with Gasteiger partial charge in [0.05, 0.1) is 11.8 Å². The minimum absolute atomic E-state index is 0.504. The van der Waals surface area contributed by atoms with Crippen molar-refractivity contribution in [2.75, 3.05) is 56.5 Å². The summed E-state index contributed by atoms with van der Waals surface area (Å²) in [6.45, 7) is 9.10. The Morgan fingerprint density at radius 3 is 2.56 bits per heavy atom. The van der Waals surface area contributed by atoms with Crippen LogP contribution in [0.1, 0.15) is 30.7 Å². The number of likely N-dealkylation sites (N-methyl/N-ethyl adjacent to an activating group) is 1. The Morgan fingerprint density at radius 1 is 1.06 bits per heavy atom. The van der Waals surface area contributed by atoms with Crippen LogP contribution in [-0.4, -0.2) is 81.2 Å². The van der Waals surface area contributed by atoms with Crippen LogP contribution in [0.15, 0.2) is 30.6 Å². The molecule has 2 saturated heterocycles. The van der Waals surface area contributed by atoms with Crippen molar-refractivity contribution >= 4 is 28.5 Å². The smallest absolute Gasteiger partial charge is 0.229 e. The molecule has 34 heavy (non-hydrogen) atoms. The summed E-state index contributed by atoms with van der Waals surface area (Å²) in [4.78, 5) is 25.9. The molecule has 3 fully saturated rings. The minimum Gasteiger partial charge on any atom is -0.387 e. The summed E-state index contributed by atoms with van der Waals surface area (Å²) in [6, 6.07) is 5.99. The molecule has 0 bridgehead atoms. The van der Waals surface area contributed by atoms with E-state index in [-0.39, 0.29) is 0 Å². The summed E-state index contributed by atoms with van der Waals surface area (Å²) in [5, 5.41) is 14.3. The zero-order valence-corrected chi connectivity index (χ0v) is 19.9. The largest absolute Gasteiger partial charge is 0.387 e. The molecule has 1 saturated carbocycles. The highest BCUT2D eigenvalue weighted by atomic mass is 16.3. The fourth-order valence-electron chi connectivity index (χ4n) is 5.08. The SMILES string of the molecule is C[C@@H](O)c1cc2cnc(Nc3ccc(CN4CCN(C)CC4)cn3)nc2c(N2CC3CC3C2)n1. The monoisotopic (exact) mass is 460 g/mol. The number of nitrogens with one attached hydrogen (secondary N) is 1. The quantitative estimate of drug-likeness (QED) is 0.575. The van der Waals surface area contributed by atoms with Crippen molar-refractivity contribution in [1.82, 2.24) is 29.7 Å². The van der Waals surface area contributed by atoms with Crippen molar-refractivity contribution < 1.29 is 5.11 Å². The van der Waals surface area contributed by atoms with Gasteiger partial charge >= 0.3 is 0 Å². The molecule has 9 heteroatoms. The zero-order valence-electron chi connectivity index (χ0n) is 19.9. The van der Waals surface area contributed by atoms with Gasteiger partial charge in [0.15, 0.2) is 5.82 Å². The van der Waals surface area contributed by atoms with E-state index in [1.54, 1.807) is 13.1 Å². The van der Waals surface area contributed by atoms with Crippen molar-refractivity contribution in [3.8, 4) is 0 Å². The molecule has 0 amide bonds. The third-order valence-electron chi connectivity index (χ3n) is 7.34. The second-order valence-electron chi connectivity index (χ2n) is 10.1. The first-order chi connectivity index (χ1) is 16.5. The number of aliphatic hydroxyl groups is 1. The number of pyridine rings is 2. The molecule has 2 unspecified atom stereocenters. The van der Waals surface area contributed by atoms with Gasteiger partial charge in [-0.15, -0.1) is 0 Å². The number of piperidine rings is 1. The molecule has 3 aromatic heterocycles. The fraction of sp³-hybridized carbons (Fsp3) is 0.520. The van der Waals surface area contributed by atoms with Gasteiger partial charge in [-0.05, 0) is 49.9 Å². The van der Waals surface area contributed by atoms with E-state index in [0.717, 1.165) is 80.2 Å². The molecule has 0 spiro atoms. The molecule has 0 aromatic carbocycles. The molecule has 3 aliphatic rings. The van der Waals surface area contributed by atoms with Crippen molar-refractivity contribution in [3.05, 3.63) is 41.9 Å². The van der Waals surface area contributed by atoms with Crippen LogP contribution in [0, 0.1) is 11.8 Å². The number of aromatic nitrogens is 4. The number of aliphatic hydroxyl groups excluding tert-OH is 1. The first-order valence-electron chi connectivity index (χ1n) is 12.3. The molecule has 6 rings (SSSR count). The molecule has 3 aromatic rings. The van der Waals surface area contributed by atoms with Crippen LogP contribution in [0.2, 0.25) is 0 Å². The number of piperazine rings is 1. The number of hydrogen-bond acceptors (Lipinski definition) is 9. The third kappa shape index (κ3) is 4.43. The van der Waals surface area contributed by atoms with Crippen molar-refractivity contribution in [3.63, 3.8) is 0 Å². The summed E-state index contributed by atoms with van der Waals surface area (Å²) in [5.74, 6) is 3.63. The van der Waals surface area contributed by atoms with Gasteiger partial charge in [0.25, 0.3) is 0 Å². The normalized spacial score (nSPS) is 23.8. The van der Waals surface area contributed by atoms with E-state index in [0.29, 0.717) is 11.6 Å². The number of nitrogens with zero attached hydrogens (tertiary/aromatic N) is 7. The number of anilines is 3. The van der Waals surface area contributed by atoms with Crippen molar-refractivity contribution in [2.24, 2.45) is 11.8 Å². The average Bonchev–Trinajstić information content (AvgIpc) is 3.45. The van der Waals surface area contributed by atoms with Gasteiger partial charge in [-0.2, -0.15) is 0 Å². The second-order valence-corrected chi connectivity index (χ2v) is 10.1. The Bertz CT molecular complexity index is 1170. The Hall–Kier alpha value is -2.88. The maximum atomic E-state index is 10.2. The van der Waals surface area contributed by atoms with E-state index in [1.807, 2.05) is 18.3 Å². The summed E-state index contributed by atoms with van der Waals surface area (Å²) in [7, 11) is 2.17. The lowest BCUT2D eigenvalue weighted by Crippen LogP contribution is -2.43. The molecule has 2 aliphatic heterocycles. The van der Waals surface area contributed by atoms with Gasteiger partial charge in [0.1, 0.15) is 11.3 Å². The van der Waals surface area contributed by atoms with Crippen LogP contribution < -0.4 is 10.2 Å². The summed E-state index contributed by atoms with van der Waals surface area (Å²) >= 11 is 0. The summed E-state index contributed by atoms with van der Waals surface area (Å²) in [5.41, 5.74) is 2.68. The van der Waals surface area contributed by atoms with Gasteiger partial charge in [-0.1, -0.05) is 6.07 Å². The number of rotatable bonds is 6. The number of fused-ring (bicyclic) bond motifs is 2. The van der Waals surface area contributed by atoms with Crippen LogP contribution in [0.5, 0.6) is 0 Å². The lowest BCUT2D eigenvalue weighted by Gasteiger charge is -2.32. The molecule has 5 heterocycles. The van der Waals surface area contributed by atoms with Gasteiger partial charge < -0.3 is 20.2 Å². The van der Waals surface area contributed by atoms with E-state index >= 15 is 0 Å². The molecule has 1 aliphatic carbocycles. The van der Waals surface area contributed by atoms with E-state index in [4.69, 9.17) is 9.97 Å². The van der Waals surface area contributed by atoms with E-state index in [1.165, 1.54) is 12.0 Å². The molecule has 3 atom stereocenters. The van der Waals surface area contributed by atoms with Crippen LogP contribution in [0.4, 0.5) is 17.6 Å². The van der Waals surface area contributed by atoms with E-state index in [9.17, 15) is 5.11 Å². The molecule has 2 N–H and O–H groups in total. The number of hydrogen-bond donors (Lipinski definition) is 2. The van der Waals surface area contributed by atoms with Crippen LogP contribution >= 0.6 is 0 Å². The Labute approximate surface area is 199 Å². The summed E-state index contributed by atoms with van der Waals surface area (Å²) in [6.07, 6.45) is 4.43. The van der Waals surface area contributed by atoms with Crippen LogP contribution in [0.25, 0.3) is 10.9 Å². The Kier molecular flexibility index (Phi) is 5.55. The lowest BCUT2D eigenvalue weighted by molar-refractivity contribution is 0.148. The standard InChI is InChI=1S/C25H32N8O/c1-16(34)21-10-18-12-27-25(30-23(18)24(28-21)33-14-19-9-20(19)15-33)29-22-4-3-17(11-26-22)13-32-7-5-31(2)6-8-32/h3-4,10-12,16,19-20,34H,5-9,13-15H2,1-2H3,(H,26,27,29,30)/t16-,19?,20?/m1/s1. The molecular formula is C25H32N8O. The molecule has 178 valence electrons. The van der Waals surface area contributed by atoms with Gasteiger partial charge in [0, 0.05) is 63.6 Å². The van der Waals surface area contributed by atoms with Crippen LogP contribution in [0.3, 0.4) is 0 Å². The maximum Gasteiger partial charge on any atom is 0.229 e. The maximum absolute atomic E-state index is 10.2. The topological polar surface area (TPSA) is 93.5 Å². The predicted octanol–water partition coefficient (Wildman–Crippen LogP) is 2.42. The highest BCUT2D eigenvalue weighted by Crippen LogP contribution is 2.46. The fourth-order valence-corrected chi connectivity index (χ4v) is 5.08. The van der Waals surface area contributed by atoms with Gasteiger partial charge in [0.2, 0.25) is 5.95 Å².